The van der Waals surface area contributed by atoms with Crippen molar-refractivity contribution in [2.24, 2.45) is 0 Å². The van der Waals surface area contributed by atoms with Crippen LogP contribution in [0.1, 0.15) is 19.2 Å². The molecule has 0 radical (unpaired) electrons. The monoisotopic (exact) mass is 239 g/mol. The van der Waals surface area contributed by atoms with Crippen molar-refractivity contribution >= 4 is 5.69 Å². The van der Waals surface area contributed by atoms with E-state index in [1.165, 1.54) is 0 Å². The zero-order valence-electron chi connectivity index (χ0n) is 9.20. The molecule has 4 nitrogen and oxygen atoms in total. The molecule has 17 heavy (non-hydrogen) atoms. The summed E-state index contributed by atoms with van der Waals surface area (Å²) in [5, 5.41) is 7.41. The molecule has 0 saturated heterocycles. The number of hydrogen-bond donors (Lipinski definition) is 1. The van der Waals surface area contributed by atoms with E-state index in [9.17, 15) is 8.78 Å². The standard InChI is InChI=1S/C11H11F2N3O/c1-2-3-9-15-16-11(17-9)7-4-6(12)5-8(14)10(7)13/h4-5H,2-3,14H2,1H3. The maximum absolute atomic E-state index is 13.6. The molecule has 90 valence electrons. The van der Waals surface area contributed by atoms with Crippen molar-refractivity contribution in [1.29, 1.82) is 0 Å². The van der Waals surface area contributed by atoms with Crippen LogP contribution in [0.5, 0.6) is 0 Å². The van der Waals surface area contributed by atoms with Gasteiger partial charge in [-0.05, 0) is 18.6 Å². The van der Waals surface area contributed by atoms with Crippen LogP contribution < -0.4 is 5.73 Å². The molecule has 0 amide bonds. The van der Waals surface area contributed by atoms with Crippen molar-refractivity contribution in [2.75, 3.05) is 5.73 Å². The van der Waals surface area contributed by atoms with E-state index < -0.39 is 11.6 Å². The normalized spacial score (nSPS) is 10.8. The lowest BCUT2D eigenvalue weighted by Crippen LogP contribution is -1.95. The average Bonchev–Trinajstić information content (AvgIpc) is 2.72. The number of hydrogen-bond acceptors (Lipinski definition) is 4. The van der Waals surface area contributed by atoms with Crippen LogP contribution in [0.2, 0.25) is 0 Å². The van der Waals surface area contributed by atoms with E-state index >= 15 is 0 Å². The fourth-order valence-corrected chi connectivity index (χ4v) is 1.44. The molecule has 0 fully saturated rings. The van der Waals surface area contributed by atoms with Gasteiger partial charge in [-0.15, -0.1) is 10.2 Å². The minimum Gasteiger partial charge on any atom is -0.421 e. The number of rotatable bonds is 3. The van der Waals surface area contributed by atoms with Gasteiger partial charge in [-0.2, -0.15) is 0 Å². The summed E-state index contributed by atoms with van der Waals surface area (Å²) < 4.78 is 32.0. The Morgan fingerprint density at radius 1 is 1.29 bits per heavy atom. The molecule has 6 heteroatoms. The Morgan fingerprint density at radius 3 is 2.76 bits per heavy atom. The summed E-state index contributed by atoms with van der Waals surface area (Å²) in [6.07, 6.45) is 1.43. The van der Waals surface area contributed by atoms with E-state index in [0.29, 0.717) is 12.3 Å². The number of aromatic nitrogens is 2. The topological polar surface area (TPSA) is 64.9 Å². The first-order valence-corrected chi connectivity index (χ1v) is 5.19. The number of benzene rings is 1. The molecule has 0 unspecified atom stereocenters. The molecule has 0 saturated carbocycles. The highest BCUT2D eigenvalue weighted by molar-refractivity contribution is 5.61. The van der Waals surface area contributed by atoms with Gasteiger partial charge in [0.15, 0.2) is 5.82 Å². The Kier molecular flexibility index (Phi) is 3.03. The number of nitrogen functional groups attached to an aromatic ring is 1. The minimum absolute atomic E-state index is 0.0582. The van der Waals surface area contributed by atoms with Crippen LogP contribution in [-0.4, -0.2) is 10.2 Å². The second kappa shape index (κ2) is 4.48. The highest BCUT2D eigenvalue weighted by atomic mass is 19.1. The summed E-state index contributed by atoms with van der Waals surface area (Å²) >= 11 is 0. The van der Waals surface area contributed by atoms with E-state index in [4.69, 9.17) is 10.2 Å². The summed E-state index contributed by atoms with van der Waals surface area (Å²) in [5.41, 5.74) is 4.92. The van der Waals surface area contributed by atoms with Crippen LogP contribution in [0.25, 0.3) is 11.5 Å². The van der Waals surface area contributed by atoms with Gasteiger partial charge in [0.1, 0.15) is 5.82 Å². The zero-order valence-corrected chi connectivity index (χ0v) is 9.20. The molecule has 0 bridgehead atoms. The Balaban J connectivity index is 2.44. The van der Waals surface area contributed by atoms with Crippen LogP contribution in [0.3, 0.4) is 0 Å². The third-order valence-corrected chi connectivity index (χ3v) is 2.23. The number of aryl methyl sites for hydroxylation is 1. The van der Waals surface area contributed by atoms with Crippen molar-refractivity contribution < 1.29 is 13.2 Å². The van der Waals surface area contributed by atoms with E-state index in [2.05, 4.69) is 10.2 Å². The van der Waals surface area contributed by atoms with Crippen LogP contribution in [0.15, 0.2) is 16.5 Å². The Hall–Kier alpha value is -1.98. The lowest BCUT2D eigenvalue weighted by Gasteiger charge is -2.01. The fraction of sp³-hybridized carbons (Fsp3) is 0.273. The molecular weight excluding hydrogens is 228 g/mol. The first-order valence-electron chi connectivity index (χ1n) is 5.19. The van der Waals surface area contributed by atoms with Gasteiger partial charge < -0.3 is 10.2 Å². The molecular formula is C11H11F2N3O. The van der Waals surface area contributed by atoms with Gasteiger partial charge in [0.05, 0.1) is 11.3 Å². The second-order valence-electron chi connectivity index (χ2n) is 3.61. The first-order chi connectivity index (χ1) is 8.11. The number of nitrogens with two attached hydrogens (primary N) is 1. The average molecular weight is 239 g/mol. The van der Waals surface area contributed by atoms with Gasteiger partial charge in [0, 0.05) is 6.42 Å². The van der Waals surface area contributed by atoms with E-state index in [1.54, 1.807) is 0 Å². The number of nitrogens with zero attached hydrogens (tertiary/aromatic N) is 2. The molecule has 0 spiro atoms. The summed E-state index contributed by atoms with van der Waals surface area (Å²) in [6, 6.07) is 1.89. The van der Waals surface area contributed by atoms with Gasteiger partial charge in [0.2, 0.25) is 5.89 Å². The van der Waals surface area contributed by atoms with Crippen molar-refractivity contribution in [2.45, 2.75) is 19.8 Å². The first kappa shape index (κ1) is 11.5. The summed E-state index contributed by atoms with van der Waals surface area (Å²) in [5.74, 6) is -1.06. The summed E-state index contributed by atoms with van der Waals surface area (Å²) in [7, 11) is 0. The smallest absolute Gasteiger partial charge is 0.250 e. The molecule has 0 aliphatic carbocycles. The van der Waals surface area contributed by atoms with Crippen molar-refractivity contribution in [1.82, 2.24) is 10.2 Å². The van der Waals surface area contributed by atoms with E-state index in [0.717, 1.165) is 18.6 Å². The predicted molar refractivity (Wildman–Crippen MR) is 58.1 cm³/mol. The third-order valence-electron chi connectivity index (χ3n) is 2.23. The van der Waals surface area contributed by atoms with Gasteiger partial charge >= 0.3 is 0 Å². The number of anilines is 1. The lowest BCUT2D eigenvalue weighted by atomic mass is 10.2. The Labute approximate surface area is 96.5 Å². The van der Waals surface area contributed by atoms with E-state index in [-0.39, 0.29) is 17.1 Å². The minimum atomic E-state index is -0.752. The molecule has 1 aromatic heterocycles. The molecule has 2 aromatic rings. The Bertz CT molecular complexity index is 540. The van der Waals surface area contributed by atoms with Crippen LogP contribution in [0, 0.1) is 11.6 Å². The van der Waals surface area contributed by atoms with Crippen molar-refractivity contribution in [3.05, 3.63) is 29.7 Å². The predicted octanol–water partition coefficient (Wildman–Crippen LogP) is 2.55. The molecule has 0 aliphatic heterocycles. The lowest BCUT2D eigenvalue weighted by molar-refractivity contribution is 0.497. The second-order valence-corrected chi connectivity index (χ2v) is 3.61. The molecule has 2 rings (SSSR count). The molecule has 0 aliphatic rings. The van der Waals surface area contributed by atoms with Crippen LogP contribution in [0.4, 0.5) is 14.5 Å². The van der Waals surface area contributed by atoms with Crippen LogP contribution >= 0.6 is 0 Å². The molecule has 1 heterocycles. The third kappa shape index (κ3) is 2.25. The molecule has 2 N–H and O–H groups in total. The fourth-order valence-electron chi connectivity index (χ4n) is 1.44. The maximum Gasteiger partial charge on any atom is 0.250 e. The number of halogens is 2. The largest absolute Gasteiger partial charge is 0.421 e. The van der Waals surface area contributed by atoms with Gasteiger partial charge in [-0.25, -0.2) is 8.78 Å². The van der Waals surface area contributed by atoms with Crippen molar-refractivity contribution in [3.8, 4) is 11.5 Å². The molecule has 0 atom stereocenters. The highest BCUT2D eigenvalue weighted by Crippen LogP contribution is 2.26. The summed E-state index contributed by atoms with van der Waals surface area (Å²) in [4.78, 5) is 0. The van der Waals surface area contributed by atoms with Gasteiger partial charge in [-0.1, -0.05) is 6.92 Å². The van der Waals surface area contributed by atoms with Crippen LogP contribution in [-0.2, 0) is 6.42 Å². The van der Waals surface area contributed by atoms with Gasteiger partial charge in [-0.3, -0.25) is 0 Å². The molecule has 1 aromatic carbocycles. The highest BCUT2D eigenvalue weighted by Gasteiger charge is 2.16. The quantitative estimate of drug-likeness (QED) is 0.836. The van der Waals surface area contributed by atoms with Gasteiger partial charge in [0.25, 0.3) is 5.89 Å². The Morgan fingerprint density at radius 2 is 2.06 bits per heavy atom. The maximum atomic E-state index is 13.6. The summed E-state index contributed by atoms with van der Waals surface area (Å²) in [6.45, 7) is 1.95. The van der Waals surface area contributed by atoms with E-state index in [1.807, 2.05) is 6.92 Å². The zero-order chi connectivity index (χ0) is 12.4. The van der Waals surface area contributed by atoms with Crippen molar-refractivity contribution in [3.63, 3.8) is 0 Å². The SMILES string of the molecule is CCCc1nnc(-c2cc(F)cc(N)c2F)o1.